The van der Waals surface area contributed by atoms with Crippen molar-refractivity contribution < 1.29 is 17.6 Å². The Bertz CT molecular complexity index is 834. The summed E-state index contributed by atoms with van der Waals surface area (Å²) in [7, 11) is -3.51. The molecule has 2 rings (SSSR count). The molecule has 0 fully saturated rings. The fourth-order valence-corrected chi connectivity index (χ4v) is 4.09. The predicted octanol–water partition coefficient (Wildman–Crippen LogP) is 2.86. The molecule has 1 N–H and O–H groups in total. The van der Waals surface area contributed by atoms with Gasteiger partial charge >= 0.3 is 0 Å². The number of amides is 1. The summed E-state index contributed by atoms with van der Waals surface area (Å²) in [5.41, 5.74) is 1.34. The van der Waals surface area contributed by atoms with Crippen molar-refractivity contribution >= 4 is 15.9 Å². The number of nitrogens with one attached hydrogen (secondary N) is 1. The van der Waals surface area contributed by atoms with Crippen molar-refractivity contribution in [2.24, 2.45) is 0 Å². The number of rotatable bonds is 7. The molecule has 0 aliphatic carbocycles. The van der Waals surface area contributed by atoms with Gasteiger partial charge in [0.1, 0.15) is 11.5 Å². The van der Waals surface area contributed by atoms with Crippen LogP contribution in [-0.2, 0) is 16.6 Å². The van der Waals surface area contributed by atoms with Crippen LogP contribution in [0.1, 0.15) is 41.3 Å². The van der Waals surface area contributed by atoms with Crippen LogP contribution >= 0.6 is 0 Å². The Morgan fingerprint density at radius 2 is 1.72 bits per heavy atom. The second-order valence-electron chi connectivity index (χ2n) is 5.73. The summed E-state index contributed by atoms with van der Waals surface area (Å²) in [5, 5.41) is 2.81. The van der Waals surface area contributed by atoms with Crippen molar-refractivity contribution in [1.82, 2.24) is 9.62 Å². The lowest BCUT2D eigenvalue weighted by Crippen LogP contribution is -2.30. The molecule has 6 nitrogen and oxygen atoms in total. The van der Waals surface area contributed by atoms with Crippen molar-refractivity contribution in [2.75, 3.05) is 13.1 Å². The molecule has 0 aliphatic rings. The highest BCUT2D eigenvalue weighted by molar-refractivity contribution is 7.89. The third kappa shape index (κ3) is 4.29. The van der Waals surface area contributed by atoms with E-state index in [1.54, 1.807) is 13.8 Å². The maximum absolute atomic E-state index is 12.4. The quantitative estimate of drug-likeness (QED) is 0.819. The van der Waals surface area contributed by atoms with Crippen LogP contribution in [0.4, 0.5) is 0 Å². The van der Waals surface area contributed by atoms with Crippen molar-refractivity contribution in [1.29, 1.82) is 0 Å². The zero-order valence-corrected chi connectivity index (χ0v) is 15.8. The molecule has 1 heterocycles. The average Bonchev–Trinajstić information content (AvgIpc) is 2.91. The molecule has 0 saturated heterocycles. The second kappa shape index (κ2) is 7.84. The van der Waals surface area contributed by atoms with Crippen LogP contribution in [-0.4, -0.2) is 31.7 Å². The van der Waals surface area contributed by atoms with Crippen molar-refractivity contribution in [3.63, 3.8) is 0 Å². The molecule has 25 heavy (non-hydrogen) atoms. The van der Waals surface area contributed by atoms with Gasteiger partial charge in [-0.1, -0.05) is 13.8 Å². The minimum atomic E-state index is -3.51. The van der Waals surface area contributed by atoms with Gasteiger partial charge in [-0.05, 0) is 44.2 Å². The van der Waals surface area contributed by atoms with Gasteiger partial charge in [0.2, 0.25) is 10.0 Å². The second-order valence-corrected chi connectivity index (χ2v) is 7.67. The summed E-state index contributed by atoms with van der Waals surface area (Å²) in [4.78, 5) is 12.4. The number of benzene rings is 1. The lowest BCUT2D eigenvalue weighted by atomic mass is 10.2. The third-order valence-electron chi connectivity index (χ3n) is 4.04. The van der Waals surface area contributed by atoms with Crippen LogP contribution in [0.15, 0.2) is 39.6 Å². The van der Waals surface area contributed by atoms with E-state index in [1.807, 2.05) is 19.9 Å². The van der Waals surface area contributed by atoms with Gasteiger partial charge in [-0.15, -0.1) is 0 Å². The Hall–Kier alpha value is -2.12. The molecule has 136 valence electrons. The van der Waals surface area contributed by atoms with E-state index >= 15 is 0 Å². The molecule has 1 aromatic carbocycles. The van der Waals surface area contributed by atoms with Crippen molar-refractivity contribution in [3.8, 4) is 0 Å². The number of aryl methyl sites for hydroxylation is 2. The van der Waals surface area contributed by atoms with Gasteiger partial charge in [0, 0.05) is 30.8 Å². The normalized spacial score (nSPS) is 11.7. The fraction of sp³-hybridized carbons (Fsp3) is 0.389. The van der Waals surface area contributed by atoms with Crippen molar-refractivity contribution in [2.45, 2.75) is 39.1 Å². The van der Waals surface area contributed by atoms with Crippen LogP contribution in [0.3, 0.4) is 0 Å². The molecule has 1 aromatic heterocycles. The lowest BCUT2D eigenvalue weighted by molar-refractivity contribution is 0.0950. The number of carbonyl (C=O) groups excluding carboxylic acids is 1. The molecular weight excluding hydrogens is 340 g/mol. The number of carbonyl (C=O) groups is 1. The van der Waals surface area contributed by atoms with E-state index in [1.165, 1.54) is 28.6 Å². The highest BCUT2D eigenvalue weighted by Crippen LogP contribution is 2.17. The SMILES string of the molecule is CCN(CC)S(=O)(=O)c1ccc(C(=O)NCc2cc(C)oc2C)cc1. The van der Waals surface area contributed by atoms with Crippen LogP contribution in [0.5, 0.6) is 0 Å². The highest BCUT2D eigenvalue weighted by Gasteiger charge is 2.21. The van der Waals surface area contributed by atoms with E-state index in [9.17, 15) is 13.2 Å². The number of sulfonamides is 1. The van der Waals surface area contributed by atoms with E-state index in [0.29, 0.717) is 25.2 Å². The summed E-state index contributed by atoms with van der Waals surface area (Å²) < 4.78 is 31.7. The third-order valence-corrected chi connectivity index (χ3v) is 6.11. The van der Waals surface area contributed by atoms with Gasteiger partial charge in [0.05, 0.1) is 4.90 Å². The molecule has 2 aromatic rings. The zero-order valence-electron chi connectivity index (χ0n) is 15.0. The minimum Gasteiger partial charge on any atom is -0.466 e. The van der Waals surface area contributed by atoms with Crippen LogP contribution < -0.4 is 5.32 Å². The average molecular weight is 364 g/mol. The van der Waals surface area contributed by atoms with Gasteiger partial charge in [0.15, 0.2) is 0 Å². The lowest BCUT2D eigenvalue weighted by Gasteiger charge is -2.18. The summed E-state index contributed by atoms with van der Waals surface area (Å²) in [5.74, 6) is 1.32. The maximum atomic E-state index is 12.4. The molecule has 0 unspecified atom stereocenters. The molecule has 0 spiro atoms. The topological polar surface area (TPSA) is 79.6 Å². The number of hydrogen-bond acceptors (Lipinski definition) is 4. The fourth-order valence-electron chi connectivity index (χ4n) is 2.63. The minimum absolute atomic E-state index is 0.189. The van der Waals surface area contributed by atoms with Crippen LogP contribution in [0, 0.1) is 13.8 Å². The Morgan fingerprint density at radius 1 is 1.12 bits per heavy atom. The van der Waals surface area contributed by atoms with Gasteiger partial charge in [-0.25, -0.2) is 8.42 Å². The van der Waals surface area contributed by atoms with Gasteiger partial charge < -0.3 is 9.73 Å². The maximum Gasteiger partial charge on any atom is 0.251 e. The predicted molar refractivity (Wildman–Crippen MR) is 95.9 cm³/mol. The molecule has 0 saturated carbocycles. The molecule has 0 atom stereocenters. The number of nitrogens with zero attached hydrogens (tertiary/aromatic N) is 1. The molecule has 0 bridgehead atoms. The Balaban J connectivity index is 2.09. The molecular formula is C18H24N2O4S. The van der Waals surface area contributed by atoms with Gasteiger partial charge in [-0.2, -0.15) is 4.31 Å². The first kappa shape index (κ1) is 19.2. The smallest absolute Gasteiger partial charge is 0.251 e. The molecule has 7 heteroatoms. The monoisotopic (exact) mass is 364 g/mol. The van der Waals surface area contributed by atoms with E-state index in [4.69, 9.17) is 4.42 Å². The molecule has 0 radical (unpaired) electrons. The summed E-state index contributed by atoms with van der Waals surface area (Å²) in [6.45, 7) is 8.47. The van der Waals surface area contributed by atoms with Crippen LogP contribution in [0.2, 0.25) is 0 Å². The van der Waals surface area contributed by atoms with E-state index in [-0.39, 0.29) is 10.8 Å². The van der Waals surface area contributed by atoms with E-state index in [2.05, 4.69) is 5.32 Å². The molecule has 0 aliphatic heterocycles. The first-order chi connectivity index (χ1) is 11.8. The van der Waals surface area contributed by atoms with E-state index in [0.717, 1.165) is 17.1 Å². The molecule has 1 amide bonds. The standard InChI is InChI=1S/C18H24N2O4S/c1-5-20(6-2)25(22,23)17-9-7-15(8-10-17)18(21)19-12-16-11-13(3)24-14(16)4/h7-11H,5-6,12H2,1-4H3,(H,19,21). The largest absolute Gasteiger partial charge is 0.466 e. The van der Waals surface area contributed by atoms with Crippen LogP contribution in [0.25, 0.3) is 0 Å². The van der Waals surface area contributed by atoms with E-state index < -0.39 is 10.0 Å². The summed E-state index contributed by atoms with van der Waals surface area (Å²) >= 11 is 0. The Kier molecular flexibility index (Phi) is 6.02. The van der Waals surface area contributed by atoms with Gasteiger partial charge in [0.25, 0.3) is 5.91 Å². The first-order valence-electron chi connectivity index (χ1n) is 8.23. The first-order valence-corrected chi connectivity index (χ1v) is 9.67. The summed E-state index contributed by atoms with van der Waals surface area (Å²) in [6.07, 6.45) is 0. The zero-order chi connectivity index (χ0) is 18.6. The van der Waals surface area contributed by atoms with Crippen molar-refractivity contribution in [3.05, 3.63) is 53.0 Å². The Labute approximate surface area is 148 Å². The summed E-state index contributed by atoms with van der Waals surface area (Å²) in [6, 6.07) is 7.87. The highest BCUT2D eigenvalue weighted by atomic mass is 32.2. The van der Waals surface area contributed by atoms with Gasteiger partial charge in [-0.3, -0.25) is 4.79 Å². The Morgan fingerprint density at radius 3 is 2.20 bits per heavy atom. The number of furan rings is 1. The number of hydrogen-bond donors (Lipinski definition) is 1.